The molecule has 154 valence electrons. The van der Waals surface area contributed by atoms with Crippen molar-refractivity contribution in [2.45, 2.75) is 6.42 Å². The Labute approximate surface area is 174 Å². The van der Waals surface area contributed by atoms with Gasteiger partial charge in [0.1, 0.15) is 0 Å². The molecule has 4 aromatic rings. The van der Waals surface area contributed by atoms with E-state index in [4.69, 9.17) is 4.74 Å². The van der Waals surface area contributed by atoms with Crippen LogP contribution in [-0.2, 0) is 4.74 Å². The van der Waals surface area contributed by atoms with Crippen LogP contribution in [0.3, 0.4) is 0 Å². The van der Waals surface area contributed by atoms with E-state index in [1.165, 1.54) is 0 Å². The van der Waals surface area contributed by atoms with Gasteiger partial charge in [-0.1, -0.05) is 30.3 Å². The Kier molecular flexibility index (Phi) is 5.21. The summed E-state index contributed by atoms with van der Waals surface area (Å²) in [5, 5.41) is 4.48. The van der Waals surface area contributed by atoms with Crippen LogP contribution in [0.1, 0.15) is 6.42 Å². The van der Waals surface area contributed by atoms with Crippen LogP contribution in [0.25, 0.3) is 27.9 Å². The van der Waals surface area contributed by atoms with E-state index in [1.54, 1.807) is 10.6 Å². The summed E-state index contributed by atoms with van der Waals surface area (Å²) in [6.45, 7) is 5.48. The van der Waals surface area contributed by atoms with E-state index >= 15 is 0 Å². The summed E-state index contributed by atoms with van der Waals surface area (Å²) in [5.41, 5.74) is 3.34. The average Bonchev–Trinajstić information content (AvgIpc) is 3.21. The van der Waals surface area contributed by atoms with Crippen LogP contribution in [0.4, 0.5) is 5.69 Å². The molecule has 0 spiro atoms. The molecule has 7 nitrogen and oxygen atoms in total. The zero-order chi connectivity index (χ0) is 20.3. The average molecular weight is 403 g/mol. The van der Waals surface area contributed by atoms with Gasteiger partial charge in [-0.05, 0) is 31.2 Å². The van der Waals surface area contributed by atoms with Gasteiger partial charge in [0.05, 0.1) is 29.8 Å². The number of pyridine rings is 1. The van der Waals surface area contributed by atoms with Crippen LogP contribution in [0, 0.1) is 0 Å². The van der Waals surface area contributed by atoms with Crippen molar-refractivity contribution in [3.8, 4) is 5.95 Å². The van der Waals surface area contributed by atoms with Crippen LogP contribution in [0.5, 0.6) is 0 Å². The number of nitrogens with one attached hydrogen (secondary N) is 2. The van der Waals surface area contributed by atoms with Gasteiger partial charge >= 0.3 is 0 Å². The van der Waals surface area contributed by atoms with Crippen molar-refractivity contribution in [2.75, 3.05) is 44.7 Å². The van der Waals surface area contributed by atoms with Crippen LogP contribution >= 0.6 is 0 Å². The number of aromatic amines is 1. The van der Waals surface area contributed by atoms with Crippen molar-refractivity contribution >= 4 is 27.6 Å². The number of morpholine rings is 1. The second kappa shape index (κ2) is 8.30. The number of rotatable bonds is 6. The molecule has 0 bridgehead atoms. The van der Waals surface area contributed by atoms with Crippen molar-refractivity contribution in [3.05, 3.63) is 65.0 Å². The molecule has 5 rings (SSSR count). The highest BCUT2D eigenvalue weighted by Gasteiger charge is 2.14. The lowest BCUT2D eigenvalue weighted by Gasteiger charge is -2.26. The van der Waals surface area contributed by atoms with E-state index in [0.29, 0.717) is 5.95 Å². The second-order valence-corrected chi connectivity index (χ2v) is 7.56. The van der Waals surface area contributed by atoms with Crippen molar-refractivity contribution in [1.29, 1.82) is 0 Å². The smallest absolute Gasteiger partial charge is 0.260 e. The lowest BCUT2D eigenvalue weighted by Crippen LogP contribution is -2.37. The van der Waals surface area contributed by atoms with E-state index in [0.717, 1.165) is 73.4 Å². The molecule has 30 heavy (non-hydrogen) atoms. The predicted octanol–water partition coefficient (Wildman–Crippen LogP) is 3.00. The Bertz CT molecular complexity index is 1190. The van der Waals surface area contributed by atoms with Gasteiger partial charge in [-0.15, -0.1) is 0 Å². The van der Waals surface area contributed by atoms with E-state index in [9.17, 15) is 4.79 Å². The molecule has 1 saturated heterocycles. The van der Waals surface area contributed by atoms with Gasteiger partial charge in [-0.3, -0.25) is 9.69 Å². The molecule has 1 aliphatic heterocycles. The number of benzene rings is 2. The standard InChI is InChI=1S/C23H25N5O2/c29-22-16-20(24-10-5-11-27-12-14-30-15-13-27)17-6-1-4-9-21(17)28(22)23-25-18-7-2-3-8-19(18)26-23/h1-4,6-9,16,24H,5,10-15H2,(H,25,26). The summed E-state index contributed by atoms with van der Waals surface area (Å²) in [6, 6.07) is 17.4. The summed E-state index contributed by atoms with van der Waals surface area (Å²) < 4.78 is 7.05. The minimum absolute atomic E-state index is 0.108. The lowest BCUT2D eigenvalue weighted by atomic mass is 10.1. The molecule has 2 aromatic heterocycles. The van der Waals surface area contributed by atoms with Gasteiger partial charge in [-0.2, -0.15) is 0 Å². The maximum Gasteiger partial charge on any atom is 0.260 e. The number of nitrogens with zero attached hydrogens (tertiary/aromatic N) is 3. The van der Waals surface area contributed by atoms with Gasteiger partial charge in [0.15, 0.2) is 0 Å². The summed E-state index contributed by atoms with van der Waals surface area (Å²) in [4.78, 5) is 23.4. The highest BCUT2D eigenvalue weighted by Crippen LogP contribution is 2.24. The molecule has 7 heteroatoms. The molecule has 2 aromatic carbocycles. The van der Waals surface area contributed by atoms with Gasteiger partial charge in [0.25, 0.3) is 5.56 Å². The molecular formula is C23H25N5O2. The first-order valence-electron chi connectivity index (χ1n) is 10.4. The van der Waals surface area contributed by atoms with E-state index in [-0.39, 0.29) is 5.56 Å². The Morgan fingerprint density at radius 2 is 1.87 bits per heavy atom. The summed E-state index contributed by atoms with van der Waals surface area (Å²) in [6.07, 6.45) is 1.01. The van der Waals surface area contributed by atoms with E-state index in [2.05, 4.69) is 20.2 Å². The zero-order valence-corrected chi connectivity index (χ0v) is 16.8. The van der Waals surface area contributed by atoms with E-state index in [1.807, 2.05) is 48.5 Å². The molecular weight excluding hydrogens is 378 g/mol. The topological polar surface area (TPSA) is 75.2 Å². The van der Waals surface area contributed by atoms with Crippen LogP contribution in [0.2, 0.25) is 0 Å². The maximum absolute atomic E-state index is 13.1. The SMILES string of the molecule is O=c1cc(NCCCN2CCOCC2)c2ccccc2n1-c1nc2ccccc2[nH]1. The first-order chi connectivity index (χ1) is 14.8. The number of anilines is 1. The number of para-hydroxylation sites is 3. The number of H-pyrrole nitrogens is 1. The number of hydrogen-bond acceptors (Lipinski definition) is 5. The quantitative estimate of drug-likeness (QED) is 0.484. The third-order valence-corrected chi connectivity index (χ3v) is 5.58. The molecule has 0 atom stereocenters. The largest absolute Gasteiger partial charge is 0.384 e. The summed E-state index contributed by atoms with van der Waals surface area (Å²) in [5.74, 6) is 0.538. The lowest BCUT2D eigenvalue weighted by molar-refractivity contribution is 0.0378. The fourth-order valence-electron chi connectivity index (χ4n) is 4.04. The van der Waals surface area contributed by atoms with Crippen LogP contribution in [0.15, 0.2) is 59.4 Å². The number of ether oxygens (including phenoxy) is 1. The second-order valence-electron chi connectivity index (χ2n) is 7.56. The molecule has 2 N–H and O–H groups in total. The molecule has 0 amide bonds. The van der Waals surface area contributed by atoms with Gasteiger partial charge in [0.2, 0.25) is 5.95 Å². The Balaban J connectivity index is 1.42. The maximum atomic E-state index is 13.1. The normalized spacial score (nSPS) is 15.1. The summed E-state index contributed by atoms with van der Waals surface area (Å²) >= 11 is 0. The monoisotopic (exact) mass is 403 g/mol. The molecule has 0 aliphatic carbocycles. The first kappa shape index (κ1) is 18.8. The molecule has 0 radical (unpaired) electrons. The van der Waals surface area contributed by atoms with Gasteiger partial charge in [0, 0.05) is 36.8 Å². The Morgan fingerprint density at radius 3 is 2.73 bits per heavy atom. The molecule has 0 unspecified atom stereocenters. The minimum Gasteiger partial charge on any atom is -0.384 e. The number of imidazole rings is 1. The summed E-state index contributed by atoms with van der Waals surface area (Å²) in [7, 11) is 0. The number of fused-ring (bicyclic) bond motifs is 2. The predicted molar refractivity (Wildman–Crippen MR) is 120 cm³/mol. The van der Waals surface area contributed by atoms with Crippen LogP contribution < -0.4 is 10.9 Å². The molecule has 3 heterocycles. The van der Waals surface area contributed by atoms with E-state index < -0.39 is 0 Å². The Morgan fingerprint density at radius 1 is 1.07 bits per heavy atom. The molecule has 1 fully saturated rings. The number of hydrogen-bond donors (Lipinski definition) is 2. The molecule has 0 saturated carbocycles. The van der Waals surface area contributed by atoms with Crippen molar-refractivity contribution < 1.29 is 4.74 Å². The fraction of sp³-hybridized carbons (Fsp3) is 0.304. The first-order valence-corrected chi connectivity index (χ1v) is 10.4. The van der Waals surface area contributed by atoms with Gasteiger partial charge in [-0.25, -0.2) is 9.55 Å². The number of aromatic nitrogens is 3. The van der Waals surface area contributed by atoms with Crippen LogP contribution in [-0.4, -0.2) is 58.8 Å². The fourth-order valence-corrected chi connectivity index (χ4v) is 4.04. The van der Waals surface area contributed by atoms with Crippen molar-refractivity contribution in [3.63, 3.8) is 0 Å². The molecule has 1 aliphatic rings. The Hall–Kier alpha value is -3.16. The third-order valence-electron chi connectivity index (χ3n) is 5.58. The van der Waals surface area contributed by atoms with Crippen molar-refractivity contribution in [2.24, 2.45) is 0 Å². The highest BCUT2D eigenvalue weighted by atomic mass is 16.5. The highest BCUT2D eigenvalue weighted by molar-refractivity contribution is 5.92. The zero-order valence-electron chi connectivity index (χ0n) is 16.8. The minimum atomic E-state index is -0.108. The van der Waals surface area contributed by atoms with Gasteiger partial charge < -0.3 is 15.0 Å². The third kappa shape index (κ3) is 3.69. The van der Waals surface area contributed by atoms with Crippen molar-refractivity contribution in [1.82, 2.24) is 19.4 Å².